The summed E-state index contributed by atoms with van der Waals surface area (Å²) in [5.74, 6) is -0.271. The minimum absolute atomic E-state index is 0.271. The van der Waals surface area contributed by atoms with Crippen LogP contribution in [0.15, 0.2) is 18.2 Å². The van der Waals surface area contributed by atoms with Gasteiger partial charge in [0.15, 0.2) is 0 Å². The molecule has 1 aliphatic rings. The van der Waals surface area contributed by atoms with Crippen LogP contribution in [0.2, 0.25) is 0 Å². The Bertz CT molecular complexity index is 569. The first-order valence-corrected chi connectivity index (χ1v) is 8.45. The van der Waals surface area contributed by atoms with Crippen LogP contribution in [0.5, 0.6) is 0 Å². The molecule has 20 heavy (non-hydrogen) atoms. The number of hydrogen-bond donors (Lipinski definition) is 1. The molecule has 0 atom stereocenters. The zero-order valence-corrected chi connectivity index (χ0v) is 12.4. The third-order valence-corrected chi connectivity index (χ3v) is 4.81. The second-order valence-electron chi connectivity index (χ2n) is 4.96. The molecule has 0 radical (unpaired) electrons. The topological polar surface area (TPSA) is 66.6 Å². The zero-order valence-electron chi connectivity index (χ0n) is 11.5. The number of anilines is 1. The highest BCUT2D eigenvalue weighted by Crippen LogP contribution is 2.24. The van der Waals surface area contributed by atoms with Crippen LogP contribution in [0.25, 0.3) is 0 Å². The van der Waals surface area contributed by atoms with Crippen molar-refractivity contribution < 1.29 is 12.8 Å². The Hall–Kier alpha value is -1.18. The molecule has 5 nitrogen and oxygen atoms in total. The minimum atomic E-state index is -3.13. The fourth-order valence-corrected chi connectivity index (χ4v) is 3.31. The molecule has 0 aromatic heterocycles. The van der Waals surface area contributed by atoms with E-state index >= 15 is 0 Å². The normalized spacial score (nSPS) is 17.4. The third-order valence-electron chi connectivity index (χ3n) is 3.50. The average molecular weight is 301 g/mol. The second-order valence-corrected chi connectivity index (χ2v) is 6.94. The first kappa shape index (κ1) is 15.2. The van der Waals surface area contributed by atoms with E-state index in [1.54, 1.807) is 6.07 Å². The lowest BCUT2D eigenvalue weighted by atomic mass is 10.1. The molecule has 1 aliphatic heterocycles. The van der Waals surface area contributed by atoms with Gasteiger partial charge in [-0.15, -0.1) is 0 Å². The van der Waals surface area contributed by atoms with Gasteiger partial charge in [-0.05, 0) is 36.7 Å². The first-order chi connectivity index (χ1) is 9.41. The smallest absolute Gasteiger partial charge is 0.211 e. The molecule has 1 aromatic rings. The van der Waals surface area contributed by atoms with E-state index < -0.39 is 10.0 Å². The van der Waals surface area contributed by atoms with Gasteiger partial charge in [-0.2, -0.15) is 4.31 Å². The number of piperazine rings is 1. The largest absolute Gasteiger partial charge is 0.369 e. The maximum Gasteiger partial charge on any atom is 0.211 e. The Morgan fingerprint density at radius 2 is 1.90 bits per heavy atom. The van der Waals surface area contributed by atoms with Gasteiger partial charge in [0.05, 0.1) is 6.26 Å². The molecule has 0 amide bonds. The molecule has 1 saturated heterocycles. The Morgan fingerprint density at radius 1 is 1.25 bits per heavy atom. The number of sulfonamides is 1. The summed E-state index contributed by atoms with van der Waals surface area (Å²) in [6.07, 6.45) is 1.83. The van der Waals surface area contributed by atoms with Gasteiger partial charge in [-0.1, -0.05) is 0 Å². The third kappa shape index (κ3) is 3.47. The predicted molar refractivity (Wildman–Crippen MR) is 77.8 cm³/mol. The van der Waals surface area contributed by atoms with Crippen LogP contribution < -0.4 is 10.6 Å². The summed E-state index contributed by atoms with van der Waals surface area (Å²) in [4.78, 5) is 2.09. The van der Waals surface area contributed by atoms with Crippen molar-refractivity contribution in [2.24, 2.45) is 5.73 Å². The molecular weight excluding hydrogens is 281 g/mol. The lowest BCUT2D eigenvalue weighted by Crippen LogP contribution is -2.48. The average Bonchev–Trinajstić information content (AvgIpc) is 2.38. The molecule has 1 heterocycles. The van der Waals surface area contributed by atoms with E-state index in [9.17, 15) is 12.8 Å². The van der Waals surface area contributed by atoms with E-state index in [0.717, 1.165) is 11.3 Å². The van der Waals surface area contributed by atoms with Gasteiger partial charge in [-0.25, -0.2) is 12.8 Å². The molecule has 0 saturated carbocycles. The molecule has 0 aliphatic carbocycles. The number of halogens is 1. The van der Waals surface area contributed by atoms with Crippen LogP contribution in [-0.4, -0.2) is 51.7 Å². The Kier molecular flexibility index (Phi) is 4.62. The van der Waals surface area contributed by atoms with Crippen molar-refractivity contribution >= 4 is 15.7 Å². The molecule has 2 N–H and O–H groups in total. The maximum atomic E-state index is 13.3. The van der Waals surface area contributed by atoms with Crippen LogP contribution >= 0.6 is 0 Å². The van der Waals surface area contributed by atoms with E-state index in [1.165, 1.54) is 22.7 Å². The van der Waals surface area contributed by atoms with Crippen molar-refractivity contribution in [3.8, 4) is 0 Å². The predicted octanol–water partition coefficient (Wildman–Crippen LogP) is 0.408. The first-order valence-electron chi connectivity index (χ1n) is 6.60. The molecule has 0 unspecified atom stereocenters. The lowest BCUT2D eigenvalue weighted by Gasteiger charge is -2.35. The summed E-state index contributed by atoms with van der Waals surface area (Å²) >= 11 is 0. The van der Waals surface area contributed by atoms with Crippen molar-refractivity contribution in [3.05, 3.63) is 29.6 Å². The molecule has 7 heteroatoms. The molecule has 0 spiro atoms. The summed E-state index contributed by atoms with van der Waals surface area (Å²) in [6, 6.07) is 4.68. The zero-order chi connectivity index (χ0) is 14.8. The summed E-state index contributed by atoms with van der Waals surface area (Å²) in [5, 5.41) is 0. The van der Waals surface area contributed by atoms with E-state index in [2.05, 4.69) is 4.90 Å². The van der Waals surface area contributed by atoms with E-state index in [4.69, 9.17) is 5.73 Å². The highest BCUT2D eigenvalue weighted by atomic mass is 32.2. The summed E-state index contributed by atoms with van der Waals surface area (Å²) in [5.41, 5.74) is 7.38. The summed E-state index contributed by atoms with van der Waals surface area (Å²) < 4.78 is 37.7. The van der Waals surface area contributed by atoms with Gasteiger partial charge in [0.25, 0.3) is 0 Å². The van der Waals surface area contributed by atoms with Crippen molar-refractivity contribution in [2.75, 3.05) is 43.9 Å². The number of benzene rings is 1. The molecule has 1 aromatic carbocycles. The van der Waals surface area contributed by atoms with E-state index in [0.29, 0.717) is 39.1 Å². The number of rotatable bonds is 4. The van der Waals surface area contributed by atoms with E-state index in [-0.39, 0.29) is 5.82 Å². The fourth-order valence-electron chi connectivity index (χ4n) is 2.48. The second kappa shape index (κ2) is 6.07. The summed E-state index contributed by atoms with van der Waals surface area (Å²) in [7, 11) is -3.13. The Morgan fingerprint density at radius 3 is 2.45 bits per heavy atom. The SMILES string of the molecule is CS(=O)(=O)N1CCN(c2ccc(F)cc2CCN)CC1. The van der Waals surface area contributed by atoms with Crippen LogP contribution in [0.4, 0.5) is 10.1 Å². The standard InChI is InChI=1S/C13H20FN3O2S/c1-20(18,19)17-8-6-16(7-9-17)13-3-2-12(14)10-11(13)4-5-15/h2-3,10H,4-9,15H2,1H3. The molecule has 2 rings (SSSR count). The van der Waals surface area contributed by atoms with Crippen molar-refractivity contribution in [1.82, 2.24) is 4.31 Å². The van der Waals surface area contributed by atoms with Crippen LogP contribution in [0.3, 0.4) is 0 Å². The van der Waals surface area contributed by atoms with Crippen molar-refractivity contribution in [2.45, 2.75) is 6.42 Å². The van der Waals surface area contributed by atoms with Gasteiger partial charge in [-0.3, -0.25) is 0 Å². The van der Waals surface area contributed by atoms with Crippen molar-refractivity contribution in [1.29, 1.82) is 0 Å². The van der Waals surface area contributed by atoms with Gasteiger partial charge in [0, 0.05) is 31.9 Å². The molecular formula is C13H20FN3O2S. The highest BCUT2D eigenvalue weighted by Gasteiger charge is 2.24. The van der Waals surface area contributed by atoms with Gasteiger partial charge < -0.3 is 10.6 Å². The van der Waals surface area contributed by atoms with Crippen molar-refractivity contribution in [3.63, 3.8) is 0 Å². The quantitative estimate of drug-likeness (QED) is 0.875. The van der Waals surface area contributed by atoms with Crippen LogP contribution in [0, 0.1) is 5.82 Å². The Balaban J connectivity index is 2.14. The highest BCUT2D eigenvalue weighted by molar-refractivity contribution is 7.88. The van der Waals surface area contributed by atoms with Gasteiger partial charge >= 0.3 is 0 Å². The molecule has 112 valence electrons. The van der Waals surface area contributed by atoms with Gasteiger partial charge in [0.2, 0.25) is 10.0 Å². The number of hydrogen-bond acceptors (Lipinski definition) is 4. The van der Waals surface area contributed by atoms with Crippen LogP contribution in [0.1, 0.15) is 5.56 Å². The number of nitrogens with two attached hydrogens (primary N) is 1. The fraction of sp³-hybridized carbons (Fsp3) is 0.538. The van der Waals surface area contributed by atoms with Gasteiger partial charge in [0.1, 0.15) is 5.82 Å². The minimum Gasteiger partial charge on any atom is -0.369 e. The lowest BCUT2D eigenvalue weighted by molar-refractivity contribution is 0.387. The van der Waals surface area contributed by atoms with E-state index in [1.807, 2.05) is 0 Å². The molecule has 1 fully saturated rings. The number of nitrogens with zero attached hydrogens (tertiary/aromatic N) is 2. The summed E-state index contributed by atoms with van der Waals surface area (Å²) in [6.45, 7) is 2.59. The molecule has 0 bridgehead atoms. The Labute approximate surface area is 119 Å². The monoisotopic (exact) mass is 301 g/mol. The van der Waals surface area contributed by atoms with Crippen LogP contribution in [-0.2, 0) is 16.4 Å². The maximum absolute atomic E-state index is 13.3.